The Balaban J connectivity index is 1.47. The quantitative estimate of drug-likeness (QED) is 0.320. The van der Waals surface area contributed by atoms with Crippen molar-refractivity contribution in [2.45, 2.75) is 63.1 Å². The molecule has 0 heterocycles. The molecule has 190 valence electrons. The van der Waals surface area contributed by atoms with Crippen molar-refractivity contribution in [1.29, 1.82) is 0 Å². The molecule has 6 heteroatoms. The number of carbonyl (C=O) groups excluding carboxylic acids is 1. The Labute approximate surface area is 215 Å². The predicted molar refractivity (Wildman–Crippen MR) is 144 cm³/mol. The van der Waals surface area contributed by atoms with Crippen molar-refractivity contribution in [3.05, 3.63) is 102 Å². The third-order valence-electron chi connectivity index (χ3n) is 7.41. The molecule has 5 nitrogen and oxygen atoms in total. The monoisotopic (exact) mass is 504 g/mol. The third-order valence-corrected chi connectivity index (χ3v) is 9.36. The van der Waals surface area contributed by atoms with E-state index in [0.29, 0.717) is 18.0 Å². The molecule has 1 fully saturated rings. The Hall–Kier alpha value is -2.96. The lowest BCUT2D eigenvalue weighted by Gasteiger charge is -2.38. The summed E-state index contributed by atoms with van der Waals surface area (Å²) in [4.78, 5) is 14.1. The minimum atomic E-state index is -3.66. The first kappa shape index (κ1) is 26.1. The maximum Gasteiger partial charge on any atom is 0.243 e. The molecular weight excluding hydrogens is 468 g/mol. The minimum absolute atomic E-state index is 0.186. The Bertz CT molecular complexity index is 1210. The van der Waals surface area contributed by atoms with Gasteiger partial charge in [-0.1, -0.05) is 78.4 Å². The van der Waals surface area contributed by atoms with Crippen LogP contribution in [-0.4, -0.2) is 36.6 Å². The van der Waals surface area contributed by atoms with Gasteiger partial charge in [0.15, 0.2) is 0 Å². The molecule has 1 amide bonds. The number of aryl methyl sites for hydroxylation is 1. The lowest BCUT2D eigenvalue weighted by molar-refractivity contribution is -0.121. The molecule has 0 N–H and O–H groups in total. The fourth-order valence-electron chi connectivity index (χ4n) is 5.16. The van der Waals surface area contributed by atoms with Gasteiger partial charge in [0.1, 0.15) is 0 Å². The molecule has 1 saturated carbocycles. The molecule has 0 unspecified atom stereocenters. The fourth-order valence-corrected chi connectivity index (χ4v) is 6.88. The van der Waals surface area contributed by atoms with Crippen LogP contribution in [0.2, 0.25) is 0 Å². The van der Waals surface area contributed by atoms with Crippen molar-refractivity contribution in [2.24, 2.45) is 5.92 Å². The number of nitrogens with zero attached hydrogens (tertiary/aromatic N) is 2. The highest BCUT2D eigenvalue weighted by molar-refractivity contribution is 7.89. The first-order valence-electron chi connectivity index (χ1n) is 12.8. The maximum atomic E-state index is 13.7. The van der Waals surface area contributed by atoms with E-state index in [1.54, 1.807) is 28.6 Å². The van der Waals surface area contributed by atoms with E-state index >= 15 is 0 Å². The molecular formula is C30H36N2O3S. The second-order valence-corrected chi connectivity index (χ2v) is 11.8. The van der Waals surface area contributed by atoms with E-state index in [1.807, 2.05) is 48.2 Å². The van der Waals surface area contributed by atoms with E-state index in [9.17, 15) is 13.2 Å². The molecule has 3 aromatic carbocycles. The number of hydrogen-bond donors (Lipinski definition) is 0. The molecule has 1 aliphatic carbocycles. The van der Waals surface area contributed by atoms with Gasteiger partial charge >= 0.3 is 0 Å². The summed E-state index contributed by atoms with van der Waals surface area (Å²) in [7, 11) is -3.66. The van der Waals surface area contributed by atoms with Crippen molar-refractivity contribution in [3.63, 3.8) is 0 Å². The summed E-state index contributed by atoms with van der Waals surface area (Å²) in [5, 5.41) is 0. The Morgan fingerprint density at radius 1 is 0.861 bits per heavy atom. The number of rotatable bonds is 10. The van der Waals surface area contributed by atoms with E-state index in [-0.39, 0.29) is 18.0 Å². The van der Waals surface area contributed by atoms with Crippen molar-refractivity contribution < 1.29 is 13.2 Å². The smallest absolute Gasteiger partial charge is 0.243 e. The zero-order valence-corrected chi connectivity index (χ0v) is 22.0. The lowest BCUT2D eigenvalue weighted by atomic mass is 9.85. The number of hydrogen-bond acceptors (Lipinski definition) is 3. The van der Waals surface area contributed by atoms with Crippen molar-refractivity contribution in [3.8, 4) is 0 Å². The zero-order valence-electron chi connectivity index (χ0n) is 21.2. The second kappa shape index (κ2) is 11.8. The SMILES string of the molecule is Cc1ccc(CN(C=O)C2CCC(CN([C@H](C)c3ccccc3)S(=O)(=O)c3ccccc3)CC2)cc1. The Morgan fingerprint density at radius 2 is 1.44 bits per heavy atom. The van der Waals surface area contributed by atoms with Gasteiger partial charge in [-0.05, 0) is 68.7 Å². The highest BCUT2D eigenvalue weighted by Gasteiger charge is 2.34. The van der Waals surface area contributed by atoms with Crippen LogP contribution < -0.4 is 0 Å². The third kappa shape index (κ3) is 6.23. The average Bonchev–Trinajstić information content (AvgIpc) is 2.92. The van der Waals surface area contributed by atoms with Crippen LogP contribution in [0.3, 0.4) is 0 Å². The molecule has 0 radical (unpaired) electrons. The molecule has 0 spiro atoms. The summed E-state index contributed by atoms with van der Waals surface area (Å²) in [5.74, 6) is 0.249. The van der Waals surface area contributed by atoms with Gasteiger partial charge in [-0.25, -0.2) is 8.42 Å². The van der Waals surface area contributed by atoms with Crippen LogP contribution in [0, 0.1) is 12.8 Å². The van der Waals surface area contributed by atoms with Gasteiger partial charge in [-0.2, -0.15) is 4.31 Å². The number of sulfonamides is 1. The molecule has 0 aliphatic heterocycles. The summed E-state index contributed by atoms with van der Waals surface area (Å²) < 4.78 is 29.1. The van der Waals surface area contributed by atoms with Crippen LogP contribution in [0.4, 0.5) is 0 Å². The largest absolute Gasteiger partial charge is 0.338 e. The van der Waals surface area contributed by atoms with Gasteiger partial charge in [-0.15, -0.1) is 0 Å². The van der Waals surface area contributed by atoms with Crippen molar-refractivity contribution in [1.82, 2.24) is 9.21 Å². The zero-order chi connectivity index (χ0) is 25.5. The molecule has 3 aromatic rings. The van der Waals surface area contributed by atoms with Gasteiger partial charge in [-0.3, -0.25) is 4.79 Å². The molecule has 1 aliphatic rings. The van der Waals surface area contributed by atoms with Gasteiger partial charge in [0.05, 0.1) is 4.90 Å². The van der Waals surface area contributed by atoms with Crippen LogP contribution in [0.1, 0.15) is 55.3 Å². The van der Waals surface area contributed by atoms with E-state index in [4.69, 9.17) is 0 Å². The second-order valence-electron chi connectivity index (χ2n) is 9.91. The predicted octanol–water partition coefficient (Wildman–Crippen LogP) is 5.96. The van der Waals surface area contributed by atoms with Crippen LogP contribution >= 0.6 is 0 Å². The minimum Gasteiger partial charge on any atom is -0.338 e. The number of benzene rings is 3. The first-order valence-corrected chi connectivity index (χ1v) is 14.2. The van der Waals surface area contributed by atoms with E-state index in [0.717, 1.165) is 43.2 Å². The summed E-state index contributed by atoms with van der Waals surface area (Å²) in [6.45, 7) is 5.11. The summed E-state index contributed by atoms with van der Waals surface area (Å²) in [5.41, 5.74) is 3.32. The summed E-state index contributed by atoms with van der Waals surface area (Å²) in [6.07, 6.45) is 4.52. The van der Waals surface area contributed by atoms with Gasteiger partial charge in [0.2, 0.25) is 16.4 Å². The molecule has 36 heavy (non-hydrogen) atoms. The summed E-state index contributed by atoms with van der Waals surface area (Å²) in [6, 6.07) is 26.8. The molecule has 0 saturated heterocycles. The molecule has 4 rings (SSSR count). The van der Waals surface area contributed by atoms with Gasteiger partial charge < -0.3 is 4.90 Å². The van der Waals surface area contributed by atoms with E-state index in [2.05, 4.69) is 31.2 Å². The van der Waals surface area contributed by atoms with Crippen LogP contribution in [0.15, 0.2) is 89.8 Å². The Kier molecular flexibility index (Phi) is 8.60. The number of carbonyl (C=O) groups is 1. The van der Waals surface area contributed by atoms with E-state index in [1.165, 1.54) is 5.56 Å². The van der Waals surface area contributed by atoms with E-state index < -0.39 is 10.0 Å². The molecule has 1 atom stereocenters. The number of amides is 1. The van der Waals surface area contributed by atoms with Crippen molar-refractivity contribution >= 4 is 16.4 Å². The van der Waals surface area contributed by atoms with Crippen LogP contribution in [0.5, 0.6) is 0 Å². The lowest BCUT2D eigenvalue weighted by Crippen LogP contribution is -2.41. The molecule has 0 aromatic heterocycles. The molecule has 0 bridgehead atoms. The average molecular weight is 505 g/mol. The topological polar surface area (TPSA) is 57.7 Å². The highest BCUT2D eigenvalue weighted by atomic mass is 32.2. The van der Waals surface area contributed by atoms with Gasteiger partial charge in [0.25, 0.3) is 0 Å². The normalized spacial score (nSPS) is 19.1. The van der Waals surface area contributed by atoms with Crippen LogP contribution in [0.25, 0.3) is 0 Å². The standard InChI is InChI=1S/C30H36N2O3S/c1-24-13-15-26(16-14-24)21-31(23-33)29-19-17-27(18-20-29)22-32(25(2)28-9-5-3-6-10-28)36(34,35)30-11-7-4-8-12-30/h3-16,23,25,27,29H,17-22H2,1-2H3/t25-,27?,29?/m1/s1. The summed E-state index contributed by atoms with van der Waals surface area (Å²) >= 11 is 0. The Morgan fingerprint density at radius 3 is 2.03 bits per heavy atom. The first-order chi connectivity index (χ1) is 17.4. The van der Waals surface area contributed by atoms with Crippen molar-refractivity contribution in [2.75, 3.05) is 6.54 Å². The maximum absolute atomic E-state index is 13.7. The fraction of sp³-hybridized carbons (Fsp3) is 0.367. The highest BCUT2D eigenvalue weighted by Crippen LogP contribution is 2.34. The van der Waals surface area contributed by atoms with Crippen LogP contribution in [-0.2, 0) is 21.4 Å². The van der Waals surface area contributed by atoms with Gasteiger partial charge in [0, 0.05) is 25.2 Å².